The summed E-state index contributed by atoms with van der Waals surface area (Å²) >= 11 is 1.45. The zero-order chi connectivity index (χ0) is 14.2. The molecular weight excluding hydrogens is 274 g/mol. The molecule has 1 aromatic heterocycles. The van der Waals surface area contributed by atoms with Crippen molar-refractivity contribution < 1.29 is 14.6 Å². The maximum Gasteiger partial charge on any atom is 0.252 e. The van der Waals surface area contributed by atoms with Crippen molar-refractivity contribution >= 4 is 17.2 Å². The molecular formula is C15H19NO3S. The molecule has 1 aliphatic heterocycles. The minimum Gasteiger partial charge on any atom is -0.395 e. The summed E-state index contributed by atoms with van der Waals surface area (Å²) < 4.78 is 5.31. The molecule has 1 saturated heterocycles. The number of rotatable bonds is 5. The number of hydrogen-bond acceptors (Lipinski definition) is 4. The SMILES string of the molecule is O=C(NCCC1CCOC1)c1csc(C#CCCO)c1. The lowest BCUT2D eigenvalue weighted by Gasteiger charge is -2.07. The van der Waals surface area contributed by atoms with Gasteiger partial charge in [0.1, 0.15) is 0 Å². The molecule has 4 nitrogen and oxygen atoms in total. The van der Waals surface area contributed by atoms with Crippen molar-refractivity contribution in [3.8, 4) is 11.8 Å². The highest BCUT2D eigenvalue weighted by Crippen LogP contribution is 2.16. The predicted octanol–water partition coefficient (Wildman–Crippen LogP) is 1.64. The molecule has 5 heteroatoms. The van der Waals surface area contributed by atoms with Gasteiger partial charge in [0.2, 0.25) is 0 Å². The Hall–Kier alpha value is -1.35. The van der Waals surface area contributed by atoms with Gasteiger partial charge < -0.3 is 15.2 Å². The fraction of sp³-hybridized carbons (Fsp3) is 0.533. The van der Waals surface area contributed by atoms with Gasteiger partial charge in [-0.2, -0.15) is 0 Å². The van der Waals surface area contributed by atoms with Crippen LogP contribution < -0.4 is 5.32 Å². The van der Waals surface area contributed by atoms with Crippen LogP contribution in [0.3, 0.4) is 0 Å². The quantitative estimate of drug-likeness (QED) is 0.811. The second-order valence-corrected chi connectivity index (χ2v) is 5.66. The van der Waals surface area contributed by atoms with E-state index in [1.807, 2.05) is 5.38 Å². The van der Waals surface area contributed by atoms with E-state index in [0.29, 0.717) is 24.4 Å². The lowest BCUT2D eigenvalue weighted by molar-refractivity contribution is 0.0951. The summed E-state index contributed by atoms with van der Waals surface area (Å²) in [5, 5.41) is 13.4. The Labute approximate surface area is 123 Å². The average molecular weight is 293 g/mol. The van der Waals surface area contributed by atoms with Crippen LogP contribution in [-0.2, 0) is 4.74 Å². The number of aliphatic hydroxyl groups excluding tert-OH is 1. The molecule has 2 heterocycles. The molecule has 2 N–H and O–H groups in total. The molecule has 1 unspecified atom stereocenters. The van der Waals surface area contributed by atoms with Gasteiger partial charge in [0.25, 0.3) is 5.91 Å². The first-order valence-corrected chi connectivity index (χ1v) is 7.72. The maximum absolute atomic E-state index is 11.9. The van der Waals surface area contributed by atoms with Gasteiger partial charge in [0, 0.05) is 31.6 Å². The number of ether oxygens (including phenoxy) is 1. The van der Waals surface area contributed by atoms with Gasteiger partial charge in [-0.15, -0.1) is 11.3 Å². The van der Waals surface area contributed by atoms with Crippen molar-refractivity contribution in [1.82, 2.24) is 5.32 Å². The van der Waals surface area contributed by atoms with E-state index in [2.05, 4.69) is 17.2 Å². The number of hydrogen-bond donors (Lipinski definition) is 2. The van der Waals surface area contributed by atoms with Crippen molar-refractivity contribution in [2.24, 2.45) is 5.92 Å². The average Bonchev–Trinajstić information content (AvgIpc) is 3.10. The molecule has 1 aromatic rings. The predicted molar refractivity (Wildman–Crippen MR) is 78.8 cm³/mol. The van der Waals surface area contributed by atoms with Crippen LogP contribution in [0, 0.1) is 17.8 Å². The summed E-state index contributed by atoms with van der Waals surface area (Å²) in [6, 6.07) is 1.79. The van der Waals surface area contributed by atoms with E-state index in [1.54, 1.807) is 6.07 Å². The van der Waals surface area contributed by atoms with Crippen LogP contribution in [0.5, 0.6) is 0 Å². The molecule has 0 aromatic carbocycles. The number of carbonyl (C=O) groups is 1. The fourth-order valence-corrected chi connectivity index (χ4v) is 2.78. The van der Waals surface area contributed by atoms with E-state index < -0.39 is 0 Å². The fourth-order valence-electron chi connectivity index (χ4n) is 2.03. The molecule has 1 aliphatic rings. The first-order chi connectivity index (χ1) is 9.79. The smallest absolute Gasteiger partial charge is 0.252 e. The van der Waals surface area contributed by atoms with Crippen LogP contribution in [-0.4, -0.2) is 37.4 Å². The second-order valence-electron chi connectivity index (χ2n) is 4.75. The Morgan fingerprint density at radius 1 is 1.60 bits per heavy atom. The van der Waals surface area contributed by atoms with E-state index >= 15 is 0 Å². The molecule has 0 bridgehead atoms. The first kappa shape index (κ1) is 15.0. The van der Waals surface area contributed by atoms with E-state index in [-0.39, 0.29) is 12.5 Å². The molecule has 1 atom stereocenters. The standard InChI is InChI=1S/C15H19NO3S/c17-7-2-1-3-14-9-13(11-20-14)15(18)16-6-4-12-5-8-19-10-12/h9,11-12,17H,2,4-8,10H2,(H,16,18). The zero-order valence-electron chi connectivity index (χ0n) is 11.4. The van der Waals surface area contributed by atoms with Gasteiger partial charge in [0.05, 0.1) is 17.0 Å². The Bertz CT molecular complexity index is 495. The van der Waals surface area contributed by atoms with Crippen molar-refractivity contribution in [3.63, 3.8) is 0 Å². The van der Waals surface area contributed by atoms with E-state index in [9.17, 15) is 4.79 Å². The number of nitrogens with one attached hydrogen (secondary N) is 1. The summed E-state index contributed by atoms with van der Waals surface area (Å²) in [6.45, 7) is 2.42. The molecule has 0 radical (unpaired) electrons. The lowest BCUT2D eigenvalue weighted by Crippen LogP contribution is -2.25. The Morgan fingerprint density at radius 2 is 2.50 bits per heavy atom. The highest BCUT2D eigenvalue weighted by atomic mass is 32.1. The molecule has 0 saturated carbocycles. The topological polar surface area (TPSA) is 58.6 Å². The summed E-state index contributed by atoms with van der Waals surface area (Å²) in [4.78, 5) is 12.8. The Morgan fingerprint density at radius 3 is 3.25 bits per heavy atom. The van der Waals surface area contributed by atoms with E-state index in [1.165, 1.54) is 11.3 Å². The third-order valence-corrected chi connectivity index (χ3v) is 4.02. The van der Waals surface area contributed by atoms with Gasteiger partial charge in [-0.05, 0) is 24.8 Å². The summed E-state index contributed by atoms with van der Waals surface area (Å²) in [5.41, 5.74) is 0.658. The highest BCUT2D eigenvalue weighted by molar-refractivity contribution is 7.10. The summed E-state index contributed by atoms with van der Waals surface area (Å²) in [6.07, 6.45) is 2.53. The number of amides is 1. The lowest BCUT2D eigenvalue weighted by atomic mass is 10.1. The molecule has 108 valence electrons. The Kier molecular flexibility index (Phi) is 6.06. The van der Waals surface area contributed by atoms with Crippen LogP contribution in [0.1, 0.15) is 34.5 Å². The van der Waals surface area contributed by atoms with E-state index in [0.717, 1.165) is 30.9 Å². The van der Waals surface area contributed by atoms with Crippen LogP contribution in [0.25, 0.3) is 0 Å². The van der Waals surface area contributed by atoms with Crippen LogP contribution in [0.2, 0.25) is 0 Å². The van der Waals surface area contributed by atoms with Gasteiger partial charge >= 0.3 is 0 Å². The summed E-state index contributed by atoms with van der Waals surface area (Å²) in [5.74, 6) is 6.32. The third kappa shape index (κ3) is 4.64. The van der Waals surface area contributed by atoms with Gasteiger partial charge in [0.15, 0.2) is 0 Å². The van der Waals surface area contributed by atoms with Crippen LogP contribution in [0.4, 0.5) is 0 Å². The second kappa shape index (κ2) is 8.05. The largest absolute Gasteiger partial charge is 0.395 e. The molecule has 1 amide bonds. The number of aliphatic hydroxyl groups is 1. The Balaban J connectivity index is 1.76. The molecule has 2 rings (SSSR count). The van der Waals surface area contributed by atoms with Crippen molar-refractivity contribution in [3.05, 3.63) is 21.9 Å². The number of carbonyl (C=O) groups excluding carboxylic acids is 1. The van der Waals surface area contributed by atoms with Crippen molar-refractivity contribution in [2.45, 2.75) is 19.3 Å². The van der Waals surface area contributed by atoms with Crippen molar-refractivity contribution in [1.29, 1.82) is 0 Å². The van der Waals surface area contributed by atoms with Gasteiger partial charge in [-0.1, -0.05) is 11.8 Å². The van der Waals surface area contributed by atoms with Gasteiger partial charge in [-0.3, -0.25) is 4.79 Å². The third-order valence-electron chi connectivity index (χ3n) is 3.17. The number of thiophene rings is 1. The minimum atomic E-state index is -0.0460. The van der Waals surface area contributed by atoms with Crippen molar-refractivity contribution in [2.75, 3.05) is 26.4 Å². The van der Waals surface area contributed by atoms with E-state index in [4.69, 9.17) is 9.84 Å². The van der Waals surface area contributed by atoms with Crippen LogP contribution in [0.15, 0.2) is 11.4 Å². The molecule has 0 aliphatic carbocycles. The summed E-state index contributed by atoms with van der Waals surface area (Å²) in [7, 11) is 0. The first-order valence-electron chi connectivity index (χ1n) is 6.84. The highest BCUT2D eigenvalue weighted by Gasteiger charge is 2.15. The molecule has 1 fully saturated rings. The minimum absolute atomic E-state index is 0.0460. The van der Waals surface area contributed by atoms with Crippen LogP contribution >= 0.6 is 11.3 Å². The van der Waals surface area contributed by atoms with Gasteiger partial charge in [-0.25, -0.2) is 0 Å². The molecule has 20 heavy (non-hydrogen) atoms. The molecule has 0 spiro atoms. The maximum atomic E-state index is 11.9. The zero-order valence-corrected chi connectivity index (χ0v) is 12.2. The monoisotopic (exact) mass is 293 g/mol. The normalized spacial score (nSPS) is 17.6.